The van der Waals surface area contributed by atoms with Gasteiger partial charge in [-0.1, -0.05) is 38.4 Å². The van der Waals surface area contributed by atoms with Gasteiger partial charge in [0.15, 0.2) is 5.13 Å². The van der Waals surface area contributed by atoms with Gasteiger partial charge in [0.25, 0.3) is 0 Å². The summed E-state index contributed by atoms with van der Waals surface area (Å²) >= 11 is 8.24. The highest BCUT2D eigenvalue weighted by atomic mass is 35.5. The normalized spacial score (nSPS) is 27.0. The Labute approximate surface area is 334 Å². The molecule has 3 aliphatic carbocycles. The molecular weight excluding hydrogens is 760 g/mol. The predicted octanol–water partition coefficient (Wildman–Crippen LogP) is 6.27. The van der Waals surface area contributed by atoms with E-state index >= 15 is 0 Å². The number of carbonyl (C=O) groups excluding carboxylic acids is 3. The van der Waals surface area contributed by atoms with Crippen molar-refractivity contribution in [1.29, 1.82) is 0 Å². The number of ether oxygens (including phenoxy) is 3. The van der Waals surface area contributed by atoms with Crippen molar-refractivity contribution < 1.29 is 38.5 Å². The number of anilines is 1. The lowest BCUT2D eigenvalue weighted by molar-refractivity contribution is -0.146. The van der Waals surface area contributed by atoms with Crippen LogP contribution in [0.2, 0.25) is 5.02 Å². The van der Waals surface area contributed by atoms with Crippen molar-refractivity contribution in [1.82, 2.24) is 25.5 Å². The van der Waals surface area contributed by atoms with Gasteiger partial charge < -0.3 is 40.2 Å². The molecule has 16 heteroatoms. The molecule has 0 spiro atoms. The van der Waals surface area contributed by atoms with Crippen molar-refractivity contribution in [3.63, 3.8) is 0 Å². The number of aromatic nitrogens is 2. The fraction of sp³-hybridized carbons (Fsp3) is 0.550. The Morgan fingerprint density at radius 2 is 1.80 bits per heavy atom. The summed E-state index contributed by atoms with van der Waals surface area (Å²) in [6, 6.07) is 3.20. The standard InChI is InChI=1S/C40H49ClN6O8S/c1-8-22-16-40(22,36(50)51)46-34(48)28-14-24(17-47(28)35(49)33(39(4,5)6)45-38(52)55-23-12-20-11-21(20)13-23)54-30-15-26(27-18-56-37(44-27)42-19(2)3)43-32-25(30)9-10-29(53-7)31(32)41/h8-10,15,18-24,28,33H,1,11-14,16-17H2,2-7H3,(H,42,44)(H,45,52)(H,46,48)(H,50,51)/t20-,21+,22?,23+,24-,28+,33?,40-/m1/s1. The Morgan fingerprint density at radius 3 is 2.43 bits per heavy atom. The SMILES string of the molecule is C=CC1C[C@]1(NC(=O)[C@@H]1C[C@@H](Oc2cc(-c3csc(NC(C)C)n3)nc3c(Cl)c(OC)ccc23)CN1C(=O)C(NC(=O)O[C@@H]1C[C@@H]2C[C@@H]2C1)C(C)(C)C)C(=O)O. The predicted molar refractivity (Wildman–Crippen MR) is 212 cm³/mol. The number of pyridine rings is 1. The van der Waals surface area contributed by atoms with E-state index in [2.05, 4.69) is 22.5 Å². The minimum absolute atomic E-state index is 0.0282. The van der Waals surface area contributed by atoms with Gasteiger partial charge >= 0.3 is 12.1 Å². The van der Waals surface area contributed by atoms with E-state index in [0.717, 1.165) is 12.8 Å². The number of hydrogen-bond acceptors (Lipinski definition) is 11. The van der Waals surface area contributed by atoms with Gasteiger partial charge in [-0.2, -0.15) is 0 Å². The molecular formula is C40H49ClN6O8S. The number of nitrogens with zero attached hydrogens (tertiary/aromatic N) is 3. The van der Waals surface area contributed by atoms with Crippen molar-refractivity contribution in [2.24, 2.45) is 23.2 Å². The molecule has 3 amide bonds. The maximum Gasteiger partial charge on any atom is 0.408 e. The molecule has 1 saturated heterocycles. The molecule has 4 fully saturated rings. The third-order valence-electron chi connectivity index (χ3n) is 11.3. The van der Waals surface area contributed by atoms with Gasteiger partial charge in [-0.3, -0.25) is 9.59 Å². The zero-order valence-electron chi connectivity index (χ0n) is 32.4. The smallest absolute Gasteiger partial charge is 0.408 e. The Bertz CT molecular complexity index is 2060. The number of alkyl carbamates (subject to hydrolysis) is 1. The molecule has 1 aromatic carbocycles. The number of aliphatic carboxylic acids is 1. The van der Waals surface area contributed by atoms with E-state index in [1.165, 1.54) is 35.8 Å². The number of carbonyl (C=O) groups is 4. The summed E-state index contributed by atoms with van der Waals surface area (Å²) in [6.45, 7) is 13.2. The van der Waals surface area contributed by atoms with Crippen LogP contribution in [0.15, 0.2) is 36.2 Å². The van der Waals surface area contributed by atoms with Crippen molar-refractivity contribution in [2.75, 3.05) is 19.0 Å². The van der Waals surface area contributed by atoms with Gasteiger partial charge in [-0.15, -0.1) is 17.9 Å². The van der Waals surface area contributed by atoms with Gasteiger partial charge in [0.2, 0.25) is 11.8 Å². The molecule has 300 valence electrons. The third-order valence-corrected chi connectivity index (χ3v) is 12.4. The summed E-state index contributed by atoms with van der Waals surface area (Å²) in [5.41, 5.74) is -0.830. The molecule has 14 nitrogen and oxygen atoms in total. The van der Waals surface area contributed by atoms with E-state index in [9.17, 15) is 24.3 Å². The highest BCUT2D eigenvalue weighted by molar-refractivity contribution is 7.14. The number of carboxylic acid groups (broad SMARTS) is 1. The van der Waals surface area contributed by atoms with Crippen LogP contribution in [0.25, 0.3) is 22.3 Å². The molecule has 2 aromatic heterocycles. The summed E-state index contributed by atoms with van der Waals surface area (Å²) in [6.07, 6.45) is 2.89. The number of rotatable bonds is 13. The summed E-state index contributed by atoms with van der Waals surface area (Å²) in [7, 11) is 1.51. The molecule has 0 bridgehead atoms. The number of amides is 3. The van der Waals surface area contributed by atoms with Gasteiger partial charge in [-0.25, -0.2) is 19.6 Å². The summed E-state index contributed by atoms with van der Waals surface area (Å²) in [5.74, 6) is -0.804. The van der Waals surface area contributed by atoms with Crippen LogP contribution >= 0.6 is 22.9 Å². The minimum atomic E-state index is -1.53. The number of thiazole rings is 1. The lowest BCUT2D eigenvalue weighted by Gasteiger charge is -2.35. The average molecular weight is 809 g/mol. The zero-order valence-corrected chi connectivity index (χ0v) is 34.0. The Hall–Kier alpha value is -4.63. The number of benzene rings is 1. The first-order valence-corrected chi connectivity index (χ1v) is 20.3. The summed E-state index contributed by atoms with van der Waals surface area (Å²) in [5, 5.41) is 22.4. The number of hydrogen-bond donors (Lipinski definition) is 4. The highest BCUT2D eigenvalue weighted by Crippen LogP contribution is 2.52. The second-order valence-corrected chi connectivity index (χ2v) is 18.0. The van der Waals surface area contributed by atoms with Crippen LogP contribution in [0.5, 0.6) is 11.5 Å². The van der Waals surface area contributed by atoms with Gasteiger partial charge in [-0.05, 0) is 68.9 Å². The van der Waals surface area contributed by atoms with Gasteiger partial charge in [0.1, 0.15) is 52.0 Å². The largest absolute Gasteiger partial charge is 0.495 e. The van der Waals surface area contributed by atoms with Crippen molar-refractivity contribution in [3.05, 3.63) is 41.3 Å². The molecule has 56 heavy (non-hydrogen) atoms. The fourth-order valence-corrected chi connectivity index (χ4v) is 9.18. The molecule has 0 radical (unpaired) electrons. The summed E-state index contributed by atoms with van der Waals surface area (Å²) < 4.78 is 17.9. The topological polar surface area (TPSA) is 181 Å². The number of carboxylic acids is 1. The monoisotopic (exact) mass is 808 g/mol. The number of methoxy groups -OCH3 is 1. The first-order valence-electron chi connectivity index (χ1n) is 19.0. The molecule has 1 aliphatic heterocycles. The second kappa shape index (κ2) is 15.0. The van der Waals surface area contributed by atoms with Crippen LogP contribution in [0.1, 0.15) is 66.7 Å². The molecule has 3 heterocycles. The van der Waals surface area contributed by atoms with Crippen LogP contribution in [-0.4, -0.2) is 93.4 Å². The molecule has 3 saturated carbocycles. The van der Waals surface area contributed by atoms with Crippen LogP contribution < -0.4 is 25.4 Å². The average Bonchev–Trinajstić information content (AvgIpc) is 3.80. The van der Waals surface area contributed by atoms with E-state index in [1.807, 2.05) is 40.0 Å². The summed E-state index contributed by atoms with van der Waals surface area (Å²) in [4.78, 5) is 65.4. The van der Waals surface area contributed by atoms with Crippen molar-refractivity contribution in [3.8, 4) is 22.9 Å². The first-order chi connectivity index (χ1) is 26.5. The maximum atomic E-state index is 14.7. The molecule has 4 aliphatic rings. The van der Waals surface area contributed by atoms with Gasteiger partial charge in [0.05, 0.1) is 24.9 Å². The van der Waals surface area contributed by atoms with E-state index in [1.54, 1.807) is 18.2 Å². The number of fused-ring (bicyclic) bond motifs is 2. The second-order valence-electron chi connectivity index (χ2n) is 16.8. The third kappa shape index (κ3) is 7.84. The Morgan fingerprint density at radius 1 is 1.07 bits per heavy atom. The minimum Gasteiger partial charge on any atom is -0.495 e. The Balaban J connectivity index is 1.20. The molecule has 3 aromatic rings. The molecule has 8 atom stereocenters. The maximum absolute atomic E-state index is 14.7. The highest BCUT2D eigenvalue weighted by Gasteiger charge is 2.61. The molecule has 2 unspecified atom stereocenters. The van der Waals surface area contributed by atoms with Gasteiger partial charge in [0, 0.05) is 35.2 Å². The molecule has 7 rings (SSSR count). The van der Waals surface area contributed by atoms with Crippen LogP contribution in [-0.2, 0) is 19.1 Å². The number of likely N-dealkylation sites (tertiary alicyclic amines) is 1. The van der Waals surface area contributed by atoms with Crippen LogP contribution in [0, 0.1) is 23.2 Å². The zero-order chi connectivity index (χ0) is 40.3. The van der Waals surface area contributed by atoms with E-state index < -0.39 is 58.9 Å². The molecule has 4 N–H and O–H groups in total. The van der Waals surface area contributed by atoms with E-state index in [0.29, 0.717) is 50.8 Å². The van der Waals surface area contributed by atoms with E-state index in [-0.39, 0.29) is 36.6 Å². The van der Waals surface area contributed by atoms with Crippen LogP contribution in [0.3, 0.4) is 0 Å². The van der Waals surface area contributed by atoms with E-state index in [4.69, 9.17) is 35.8 Å². The quantitative estimate of drug-likeness (QED) is 0.143. The van der Waals surface area contributed by atoms with Crippen molar-refractivity contribution >= 4 is 62.8 Å². The number of halogens is 1. The lowest BCUT2D eigenvalue weighted by Crippen LogP contribution is -2.59. The lowest BCUT2D eigenvalue weighted by atomic mass is 9.85. The fourth-order valence-electron chi connectivity index (χ4n) is 8.05. The van der Waals surface area contributed by atoms with Crippen molar-refractivity contribution in [2.45, 2.75) is 103 Å². The Kier molecular flexibility index (Phi) is 10.6. The first kappa shape index (κ1) is 39.6. The van der Waals surface area contributed by atoms with Crippen LogP contribution in [0.4, 0.5) is 9.93 Å². The number of nitrogens with one attached hydrogen (secondary N) is 3.